The number of ether oxygens (including phenoxy) is 1. The molecule has 7 heteroatoms. The van der Waals surface area contributed by atoms with Crippen LogP contribution in [0.25, 0.3) is 22.4 Å². The quantitative estimate of drug-likeness (QED) is 0.785. The Labute approximate surface area is 143 Å². The molecule has 0 radical (unpaired) electrons. The van der Waals surface area contributed by atoms with E-state index in [1.807, 2.05) is 24.3 Å². The van der Waals surface area contributed by atoms with Gasteiger partial charge in [0.25, 0.3) is 5.71 Å². The number of carboxylic acid groups (broad SMARTS) is 1. The maximum absolute atomic E-state index is 11.6. The van der Waals surface area contributed by atoms with Crippen molar-refractivity contribution in [1.82, 2.24) is 10.1 Å². The van der Waals surface area contributed by atoms with Gasteiger partial charge in [-0.25, -0.2) is 9.78 Å². The van der Waals surface area contributed by atoms with Crippen molar-refractivity contribution in [2.75, 3.05) is 31.2 Å². The van der Waals surface area contributed by atoms with Crippen molar-refractivity contribution >= 4 is 22.8 Å². The van der Waals surface area contributed by atoms with Crippen LogP contribution >= 0.6 is 0 Å². The minimum Gasteiger partial charge on any atom is -0.478 e. The zero-order valence-corrected chi connectivity index (χ0v) is 13.7. The molecular weight excluding hydrogens is 322 g/mol. The second-order valence-electron chi connectivity index (χ2n) is 5.95. The lowest BCUT2D eigenvalue weighted by Crippen LogP contribution is -2.36. The molecule has 1 N–H and O–H groups in total. The number of aromatic nitrogens is 2. The van der Waals surface area contributed by atoms with Crippen LogP contribution in [0.2, 0.25) is 0 Å². The minimum absolute atomic E-state index is 0.149. The van der Waals surface area contributed by atoms with Gasteiger partial charge in [0.15, 0.2) is 0 Å². The Morgan fingerprint density at radius 3 is 2.60 bits per heavy atom. The van der Waals surface area contributed by atoms with Crippen LogP contribution in [-0.4, -0.2) is 47.5 Å². The van der Waals surface area contributed by atoms with Crippen LogP contribution in [0.4, 0.5) is 5.69 Å². The van der Waals surface area contributed by atoms with E-state index in [2.05, 4.69) is 15.0 Å². The SMILES string of the molecule is Cc1noc2nc(-c3ccc(N4CCOCC4)cc3)cc(C(=O)O)c12. The molecule has 128 valence electrons. The summed E-state index contributed by atoms with van der Waals surface area (Å²) in [4.78, 5) is 18.3. The van der Waals surface area contributed by atoms with E-state index < -0.39 is 5.97 Å². The van der Waals surface area contributed by atoms with Crippen LogP contribution in [0.3, 0.4) is 0 Å². The Bertz CT molecular complexity index is 927. The third-order valence-corrected chi connectivity index (χ3v) is 4.39. The number of morpholine rings is 1. The van der Waals surface area contributed by atoms with Gasteiger partial charge in [0.05, 0.1) is 35.6 Å². The standard InChI is InChI=1S/C18H17N3O4/c1-11-16-14(18(22)23)10-15(19-17(16)25-20-11)12-2-4-13(5-3-12)21-6-8-24-9-7-21/h2-5,10H,6-9H2,1H3,(H,22,23). The molecule has 0 aliphatic carbocycles. The van der Waals surface area contributed by atoms with E-state index in [1.54, 1.807) is 13.0 Å². The summed E-state index contributed by atoms with van der Waals surface area (Å²) in [7, 11) is 0. The number of carbonyl (C=O) groups is 1. The van der Waals surface area contributed by atoms with Gasteiger partial charge in [-0.2, -0.15) is 0 Å². The Morgan fingerprint density at radius 2 is 1.92 bits per heavy atom. The summed E-state index contributed by atoms with van der Waals surface area (Å²) in [5, 5.41) is 13.8. The summed E-state index contributed by atoms with van der Waals surface area (Å²) in [5.41, 5.74) is 3.40. The van der Waals surface area contributed by atoms with Gasteiger partial charge in [0.2, 0.25) is 0 Å². The van der Waals surface area contributed by atoms with E-state index in [1.165, 1.54) is 0 Å². The van der Waals surface area contributed by atoms with Crippen LogP contribution in [0, 0.1) is 6.92 Å². The normalized spacial score (nSPS) is 14.8. The summed E-state index contributed by atoms with van der Waals surface area (Å²) in [6, 6.07) is 9.47. The number of benzene rings is 1. The predicted molar refractivity (Wildman–Crippen MR) is 92.0 cm³/mol. The molecule has 1 aliphatic rings. The monoisotopic (exact) mass is 339 g/mol. The second kappa shape index (κ2) is 6.18. The lowest BCUT2D eigenvalue weighted by molar-refractivity contribution is 0.0699. The highest BCUT2D eigenvalue weighted by Gasteiger charge is 2.19. The Hall–Kier alpha value is -2.93. The number of nitrogens with zero attached hydrogens (tertiary/aromatic N) is 3. The molecule has 3 heterocycles. The topological polar surface area (TPSA) is 88.7 Å². The molecule has 2 aromatic heterocycles. The molecule has 0 atom stereocenters. The van der Waals surface area contributed by atoms with Gasteiger partial charge in [0, 0.05) is 24.3 Å². The van der Waals surface area contributed by atoms with Crippen LogP contribution in [-0.2, 0) is 4.74 Å². The number of rotatable bonds is 3. The molecule has 1 aliphatic heterocycles. The second-order valence-corrected chi connectivity index (χ2v) is 5.95. The van der Waals surface area contributed by atoms with E-state index in [0.29, 0.717) is 16.8 Å². The molecule has 7 nitrogen and oxygen atoms in total. The summed E-state index contributed by atoms with van der Waals surface area (Å²) >= 11 is 0. The van der Waals surface area contributed by atoms with Crippen molar-refractivity contribution < 1.29 is 19.2 Å². The largest absolute Gasteiger partial charge is 0.478 e. The van der Waals surface area contributed by atoms with Gasteiger partial charge < -0.3 is 19.3 Å². The molecule has 4 rings (SSSR count). The molecule has 1 fully saturated rings. The third kappa shape index (κ3) is 2.83. The van der Waals surface area contributed by atoms with Crippen molar-refractivity contribution in [2.45, 2.75) is 6.92 Å². The first kappa shape index (κ1) is 15.6. The van der Waals surface area contributed by atoms with E-state index in [-0.39, 0.29) is 11.3 Å². The van der Waals surface area contributed by atoms with Crippen LogP contribution in [0.15, 0.2) is 34.9 Å². The molecule has 0 bridgehead atoms. The molecule has 0 unspecified atom stereocenters. The zero-order chi connectivity index (χ0) is 17.4. The first-order valence-electron chi connectivity index (χ1n) is 8.07. The Kier molecular flexibility index (Phi) is 3.85. The van der Waals surface area contributed by atoms with Gasteiger partial charge in [-0.1, -0.05) is 17.3 Å². The average molecular weight is 339 g/mol. The zero-order valence-electron chi connectivity index (χ0n) is 13.7. The third-order valence-electron chi connectivity index (χ3n) is 4.39. The Morgan fingerprint density at radius 1 is 1.20 bits per heavy atom. The first-order chi connectivity index (χ1) is 12.1. The number of pyridine rings is 1. The van der Waals surface area contributed by atoms with Gasteiger partial charge in [0.1, 0.15) is 0 Å². The fourth-order valence-corrected chi connectivity index (χ4v) is 3.08. The van der Waals surface area contributed by atoms with E-state index >= 15 is 0 Å². The molecule has 0 spiro atoms. The van der Waals surface area contributed by atoms with Crippen molar-refractivity contribution in [3.8, 4) is 11.3 Å². The summed E-state index contributed by atoms with van der Waals surface area (Å²) in [5.74, 6) is -1.02. The highest BCUT2D eigenvalue weighted by Crippen LogP contribution is 2.28. The fourth-order valence-electron chi connectivity index (χ4n) is 3.08. The molecule has 3 aromatic rings. The number of carboxylic acids is 1. The smallest absolute Gasteiger partial charge is 0.336 e. The van der Waals surface area contributed by atoms with E-state index in [9.17, 15) is 9.90 Å². The molecule has 1 saturated heterocycles. The lowest BCUT2D eigenvalue weighted by atomic mass is 10.1. The van der Waals surface area contributed by atoms with E-state index in [0.717, 1.165) is 37.6 Å². The summed E-state index contributed by atoms with van der Waals surface area (Å²) < 4.78 is 10.5. The Balaban J connectivity index is 1.73. The molecule has 1 aromatic carbocycles. The maximum atomic E-state index is 11.6. The van der Waals surface area contributed by atoms with Crippen LogP contribution in [0.1, 0.15) is 16.1 Å². The van der Waals surface area contributed by atoms with Gasteiger partial charge in [-0.3, -0.25) is 0 Å². The highest BCUT2D eigenvalue weighted by atomic mass is 16.5. The predicted octanol–water partition coefficient (Wildman–Crippen LogP) is 2.73. The average Bonchev–Trinajstić information content (AvgIpc) is 3.03. The summed E-state index contributed by atoms with van der Waals surface area (Å²) in [6.45, 7) is 4.89. The number of fused-ring (bicyclic) bond motifs is 1. The van der Waals surface area contributed by atoms with Crippen LogP contribution in [0.5, 0.6) is 0 Å². The molecule has 25 heavy (non-hydrogen) atoms. The molecule has 0 amide bonds. The first-order valence-corrected chi connectivity index (χ1v) is 8.07. The molecule has 0 saturated carbocycles. The lowest BCUT2D eigenvalue weighted by Gasteiger charge is -2.28. The van der Waals surface area contributed by atoms with Crippen molar-refractivity contribution in [2.24, 2.45) is 0 Å². The van der Waals surface area contributed by atoms with Crippen LogP contribution < -0.4 is 4.90 Å². The van der Waals surface area contributed by atoms with Gasteiger partial charge >= 0.3 is 5.97 Å². The maximum Gasteiger partial charge on any atom is 0.336 e. The van der Waals surface area contributed by atoms with Gasteiger partial charge in [-0.15, -0.1) is 0 Å². The van der Waals surface area contributed by atoms with Crippen molar-refractivity contribution in [1.29, 1.82) is 0 Å². The number of hydrogen-bond acceptors (Lipinski definition) is 6. The van der Waals surface area contributed by atoms with Crippen molar-refractivity contribution in [3.63, 3.8) is 0 Å². The highest BCUT2D eigenvalue weighted by molar-refractivity contribution is 6.03. The summed E-state index contributed by atoms with van der Waals surface area (Å²) in [6.07, 6.45) is 0. The van der Waals surface area contributed by atoms with Gasteiger partial charge in [-0.05, 0) is 25.1 Å². The number of hydrogen-bond donors (Lipinski definition) is 1. The molecular formula is C18H17N3O4. The number of aromatic carboxylic acids is 1. The fraction of sp³-hybridized carbons (Fsp3) is 0.278. The minimum atomic E-state index is -1.02. The van der Waals surface area contributed by atoms with E-state index in [4.69, 9.17) is 9.26 Å². The number of aryl methyl sites for hydroxylation is 1. The number of anilines is 1. The van der Waals surface area contributed by atoms with Crippen molar-refractivity contribution in [3.05, 3.63) is 41.6 Å².